The molecule has 0 aliphatic rings. The minimum absolute atomic E-state index is 0.0568. The van der Waals surface area contributed by atoms with E-state index < -0.39 is 10.8 Å². The summed E-state index contributed by atoms with van der Waals surface area (Å²) in [6.45, 7) is 1.39. The molecule has 0 unspecified atom stereocenters. The fourth-order valence-corrected chi connectivity index (χ4v) is 2.86. The van der Waals surface area contributed by atoms with Crippen molar-refractivity contribution < 1.29 is 23.3 Å². The number of nitro benzene ring substituents is 1. The molecule has 0 atom stereocenters. The Bertz CT molecular complexity index is 1290. The number of rotatable bonds is 5. The molecule has 2 heterocycles. The smallest absolute Gasteiger partial charge is 0.302 e. The van der Waals surface area contributed by atoms with Gasteiger partial charge in [-0.3, -0.25) is 25.0 Å². The molecule has 2 aromatic heterocycles. The molecule has 2 aromatic carbocycles. The second-order valence-electron chi connectivity index (χ2n) is 6.27. The van der Waals surface area contributed by atoms with Crippen LogP contribution in [-0.4, -0.2) is 21.7 Å². The molecule has 0 fully saturated rings. The number of hydrogen-bond acceptors (Lipinski definition) is 7. The summed E-state index contributed by atoms with van der Waals surface area (Å²) in [6.07, 6.45) is 0. The SMILES string of the molecule is CC(=O)Nc1ccc2nc(NC(=O)c3ccc(-c4ccccc4[N+](=O)[O-])o3)oc2c1. The molecule has 0 bridgehead atoms. The first-order valence-corrected chi connectivity index (χ1v) is 8.74. The van der Waals surface area contributed by atoms with E-state index in [0.717, 1.165) is 0 Å². The number of fused-ring (bicyclic) bond motifs is 1. The van der Waals surface area contributed by atoms with E-state index in [4.69, 9.17) is 8.83 Å². The number of carbonyl (C=O) groups excluding carboxylic acids is 2. The van der Waals surface area contributed by atoms with Gasteiger partial charge in [-0.05, 0) is 30.3 Å². The van der Waals surface area contributed by atoms with Crippen molar-refractivity contribution in [1.29, 1.82) is 0 Å². The van der Waals surface area contributed by atoms with Gasteiger partial charge in [-0.15, -0.1) is 0 Å². The van der Waals surface area contributed by atoms with Crippen LogP contribution in [-0.2, 0) is 4.79 Å². The number of aromatic nitrogens is 1. The predicted molar refractivity (Wildman–Crippen MR) is 107 cm³/mol. The molecule has 0 saturated heterocycles. The van der Waals surface area contributed by atoms with Crippen LogP contribution in [0.3, 0.4) is 0 Å². The highest BCUT2D eigenvalue weighted by Gasteiger charge is 2.20. The van der Waals surface area contributed by atoms with Gasteiger partial charge in [0.2, 0.25) is 5.91 Å². The summed E-state index contributed by atoms with van der Waals surface area (Å²) in [5.41, 5.74) is 1.52. The number of carbonyl (C=O) groups is 2. The van der Waals surface area contributed by atoms with Crippen molar-refractivity contribution in [2.75, 3.05) is 10.6 Å². The maximum Gasteiger partial charge on any atom is 0.302 e. The zero-order valence-electron chi connectivity index (χ0n) is 15.5. The Hall–Kier alpha value is -4.47. The van der Waals surface area contributed by atoms with Crippen LogP contribution in [0, 0.1) is 10.1 Å². The van der Waals surface area contributed by atoms with Gasteiger partial charge in [0, 0.05) is 24.7 Å². The second kappa shape index (κ2) is 7.51. The van der Waals surface area contributed by atoms with Gasteiger partial charge in [-0.1, -0.05) is 12.1 Å². The summed E-state index contributed by atoms with van der Waals surface area (Å²) < 4.78 is 11.0. The number of oxazole rings is 1. The van der Waals surface area contributed by atoms with Crippen LogP contribution in [0.5, 0.6) is 0 Å². The van der Waals surface area contributed by atoms with E-state index in [1.54, 1.807) is 30.3 Å². The molecule has 10 heteroatoms. The van der Waals surface area contributed by atoms with Crippen LogP contribution in [0.25, 0.3) is 22.4 Å². The second-order valence-corrected chi connectivity index (χ2v) is 6.27. The first-order valence-electron chi connectivity index (χ1n) is 8.74. The number of amides is 2. The number of furan rings is 1. The average molecular weight is 406 g/mol. The molecule has 0 spiro atoms. The Morgan fingerprint density at radius 2 is 1.83 bits per heavy atom. The highest BCUT2D eigenvalue weighted by molar-refractivity contribution is 6.02. The maximum absolute atomic E-state index is 12.5. The van der Waals surface area contributed by atoms with E-state index in [9.17, 15) is 19.7 Å². The zero-order chi connectivity index (χ0) is 21.3. The van der Waals surface area contributed by atoms with E-state index in [1.807, 2.05) is 0 Å². The Balaban J connectivity index is 1.55. The van der Waals surface area contributed by atoms with Gasteiger partial charge in [0.15, 0.2) is 11.3 Å². The molecule has 150 valence electrons. The molecule has 2 amide bonds. The molecule has 2 N–H and O–H groups in total. The summed E-state index contributed by atoms with van der Waals surface area (Å²) in [5.74, 6) is -0.738. The van der Waals surface area contributed by atoms with E-state index in [-0.39, 0.29) is 34.7 Å². The van der Waals surface area contributed by atoms with E-state index in [1.165, 1.54) is 31.2 Å². The van der Waals surface area contributed by atoms with Crippen LogP contribution in [0.15, 0.2) is 63.4 Å². The van der Waals surface area contributed by atoms with Gasteiger partial charge < -0.3 is 14.2 Å². The summed E-state index contributed by atoms with van der Waals surface area (Å²) in [6, 6.07) is 13.8. The van der Waals surface area contributed by atoms with Crippen molar-refractivity contribution >= 4 is 40.3 Å². The number of para-hydroxylation sites is 1. The summed E-state index contributed by atoms with van der Waals surface area (Å²) in [7, 11) is 0. The van der Waals surface area contributed by atoms with Crippen molar-refractivity contribution in [1.82, 2.24) is 4.98 Å². The third-order valence-corrected chi connectivity index (χ3v) is 4.13. The summed E-state index contributed by atoms with van der Waals surface area (Å²) in [4.78, 5) is 38.5. The summed E-state index contributed by atoms with van der Waals surface area (Å²) in [5, 5.41) is 16.3. The lowest BCUT2D eigenvalue weighted by Gasteiger charge is -2.00. The minimum Gasteiger partial charge on any atom is -0.451 e. The molecule has 4 aromatic rings. The number of anilines is 2. The average Bonchev–Trinajstić information content (AvgIpc) is 3.34. The zero-order valence-corrected chi connectivity index (χ0v) is 15.5. The fourth-order valence-electron chi connectivity index (χ4n) is 2.86. The van der Waals surface area contributed by atoms with E-state index in [0.29, 0.717) is 16.8 Å². The van der Waals surface area contributed by atoms with Crippen molar-refractivity contribution in [3.63, 3.8) is 0 Å². The van der Waals surface area contributed by atoms with Gasteiger partial charge >= 0.3 is 6.01 Å². The van der Waals surface area contributed by atoms with E-state index in [2.05, 4.69) is 15.6 Å². The molecule has 10 nitrogen and oxygen atoms in total. The van der Waals surface area contributed by atoms with Gasteiger partial charge in [0.25, 0.3) is 11.6 Å². The lowest BCUT2D eigenvalue weighted by atomic mass is 10.1. The topological polar surface area (TPSA) is 141 Å². The Morgan fingerprint density at radius 1 is 1.03 bits per heavy atom. The van der Waals surface area contributed by atoms with Crippen LogP contribution < -0.4 is 10.6 Å². The number of nitrogens with one attached hydrogen (secondary N) is 2. The molecule has 0 aliphatic heterocycles. The number of hydrogen-bond donors (Lipinski definition) is 2. The molecule has 0 radical (unpaired) electrons. The molecule has 0 saturated carbocycles. The quantitative estimate of drug-likeness (QED) is 0.374. The predicted octanol–water partition coefficient (Wildman–Crippen LogP) is 4.21. The van der Waals surface area contributed by atoms with Crippen LogP contribution >= 0.6 is 0 Å². The molecular weight excluding hydrogens is 392 g/mol. The molecular formula is C20H14N4O6. The lowest BCUT2D eigenvalue weighted by Crippen LogP contribution is -2.10. The molecule has 30 heavy (non-hydrogen) atoms. The standard InChI is InChI=1S/C20H14N4O6/c1-11(25)21-12-6-7-14-18(10-12)30-20(22-14)23-19(26)17-9-8-16(29-17)13-4-2-3-5-15(13)24(27)28/h2-10H,1H3,(H,21,25)(H,22,23,26). The lowest BCUT2D eigenvalue weighted by molar-refractivity contribution is -0.384. The van der Waals surface area contributed by atoms with Crippen molar-refractivity contribution in [3.8, 4) is 11.3 Å². The van der Waals surface area contributed by atoms with Crippen LogP contribution in [0.4, 0.5) is 17.4 Å². The molecule has 4 rings (SSSR count). The van der Waals surface area contributed by atoms with Gasteiger partial charge in [-0.2, -0.15) is 4.98 Å². The van der Waals surface area contributed by atoms with Crippen LogP contribution in [0.2, 0.25) is 0 Å². The van der Waals surface area contributed by atoms with Gasteiger partial charge in [-0.25, -0.2) is 0 Å². The van der Waals surface area contributed by atoms with Gasteiger partial charge in [0.1, 0.15) is 11.3 Å². The largest absolute Gasteiger partial charge is 0.451 e. The monoisotopic (exact) mass is 406 g/mol. The van der Waals surface area contributed by atoms with Crippen LogP contribution in [0.1, 0.15) is 17.5 Å². The third-order valence-electron chi connectivity index (χ3n) is 4.13. The Kier molecular flexibility index (Phi) is 4.72. The number of nitrogens with zero attached hydrogens (tertiary/aromatic N) is 2. The fraction of sp³-hybridized carbons (Fsp3) is 0.0500. The first kappa shape index (κ1) is 18.9. The third kappa shape index (κ3) is 3.74. The van der Waals surface area contributed by atoms with E-state index >= 15 is 0 Å². The highest BCUT2D eigenvalue weighted by atomic mass is 16.6. The van der Waals surface area contributed by atoms with Gasteiger partial charge in [0.05, 0.1) is 10.5 Å². The molecule has 0 aliphatic carbocycles. The maximum atomic E-state index is 12.5. The first-order chi connectivity index (χ1) is 14.4. The Labute approximate surface area is 168 Å². The van der Waals surface area contributed by atoms with Crippen molar-refractivity contribution in [3.05, 3.63) is 70.5 Å². The summed E-state index contributed by atoms with van der Waals surface area (Å²) >= 11 is 0. The van der Waals surface area contributed by atoms with Crippen molar-refractivity contribution in [2.45, 2.75) is 6.92 Å². The highest BCUT2D eigenvalue weighted by Crippen LogP contribution is 2.31. The Morgan fingerprint density at radius 3 is 2.60 bits per heavy atom. The number of benzene rings is 2. The number of nitro groups is 1. The minimum atomic E-state index is -0.631. The normalized spacial score (nSPS) is 10.7. The van der Waals surface area contributed by atoms with Crippen molar-refractivity contribution in [2.24, 2.45) is 0 Å².